The predicted octanol–water partition coefficient (Wildman–Crippen LogP) is 5.61. The van der Waals surface area contributed by atoms with E-state index in [-0.39, 0.29) is 17.7 Å². The van der Waals surface area contributed by atoms with Gasteiger partial charge in [0.2, 0.25) is 6.23 Å². The Hall–Kier alpha value is -3.41. The van der Waals surface area contributed by atoms with Crippen LogP contribution >= 0.6 is 0 Å². The average molecular weight is 406 g/mol. The van der Waals surface area contributed by atoms with Crippen LogP contribution in [-0.2, 0) is 0 Å². The van der Waals surface area contributed by atoms with E-state index < -0.39 is 6.23 Å². The lowest BCUT2D eigenvalue weighted by atomic mass is 9.95. The van der Waals surface area contributed by atoms with Crippen LogP contribution in [0.1, 0.15) is 42.3 Å². The number of hydrogen-bond acceptors (Lipinski definition) is 4. The summed E-state index contributed by atoms with van der Waals surface area (Å²) < 4.78 is 39.5. The van der Waals surface area contributed by atoms with Crippen molar-refractivity contribution in [3.63, 3.8) is 0 Å². The molecule has 0 aliphatic carbocycles. The summed E-state index contributed by atoms with van der Waals surface area (Å²) in [6, 6.07) is 18.4. The van der Waals surface area contributed by atoms with Gasteiger partial charge in [-0.1, -0.05) is 36.4 Å². The van der Waals surface area contributed by atoms with Gasteiger partial charge in [0, 0.05) is 17.5 Å². The van der Waals surface area contributed by atoms with Crippen LogP contribution in [0.3, 0.4) is 0 Å². The topological polar surface area (TPSA) is 34.1 Å². The summed E-state index contributed by atoms with van der Waals surface area (Å²) in [4.78, 5) is 0. The molecule has 0 N–H and O–H groups in total. The zero-order valence-electron chi connectivity index (χ0n) is 16.4. The third-order valence-corrected chi connectivity index (χ3v) is 5.39. The van der Waals surface area contributed by atoms with Crippen molar-refractivity contribution in [1.82, 2.24) is 5.01 Å². The normalized spacial score (nSPS) is 19.6. The molecule has 2 aliphatic heterocycles. The van der Waals surface area contributed by atoms with Crippen molar-refractivity contribution in [2.75, 3.05) is 6.61 Å². The zero-order valence-corrected chi connectivity index (χ0v) is 16.4. The molecule has 2 atom stereocenters. The summed E-state index contributed by atoms with van der Waals surface area (Å²) >= 11 is 0. The molecule has 0 unspecified atom stereocenters. The van der Waals surface area contributed by atoms with Crippen molar-refractivity contribution < 1.29 is 18.3 Å². The first-order valence-corrected chi connectivity index (χ1v) is 9.93. The van der Waals surface area contributed by atoms with Gasteiger partial charge >= 0.3 is 0 Å². The van der Waals surface area contributed by atoms with Gasteiger partial charge in [0.15, 0.2) is 11.5 Å². The van der Waals surface area contributed by atoms with Gasteiger partial charge in [-0.25, -0.2) is 13.8 Å². The first-order valence-electron chi connectivity index (χ1n) is 9.93. The van der Waals surface area contributed by atoms with E-state index in [2.05, 4.69) is 0 Å². The van der Waals surface area contributed by atoms with Crippen LogP contribution in [0.4, 0.5) is 8.78 Å². The fourth-order valence-electron chi connectivity index (χ4n) is 4.05. The fraction of sp³-hybridized carbons (Fsp3) is 0.208. The monoisotopic (exact) mass is 406 g/mol. The van der Waals surface area contributed by atoms with Gasteiger partial charge in [-0.15, -0.1) is 0 Å². The van der Waals surface area contributed by atoms with Crippen molar-refractivity contribution in [1.29, 1.82) is 0 Å². The van der Waals surface area contributed by atoms with Crippen molar-refractivity contribution in [3.8, 4) is 11.5 Å². The molecule has 0 bridgehead atoms. The van der Waals surface area contributed by atoms with Gasteiger partial charge in [0.1, 0.15) is 11.6 Å². The Morgan fingerprint density at radius 2 is 1.83 bits per heavy atom. The summed E-state index contributed by atoms with van der Waals surface area (Å²) in [7, 11) is 0. The Morgan fingerprint density at radius 3 is 2.60 bits per heavy atom. The Balaban J connectivity index is 1.61. The minimum Gasteiger partial charge on any atom is -0.490 e. The SMILES string of the molecule is CCOc1cccc2c1O[C@H](c1cccc(F)c1)N1N=C(c3ccc(F)cc3)C[C@H]21. The van der Waals surface area contributed by atoms with Crippen LogP contribution in [0.25, 0.3) is 0 Å². The van der Waals surface area contributed by atoms with Crippen LogP contribution in [-0.4, -0.2) is 17.3 Å². The third kappa shape index (κ3) is 3.18. The van der Waals surface area contributed by atoms with Gasteiger partial charge in [-0.2, -0.15) is 5.10 Å². The molecule has 0 spiro atoms. The second-order valence-electron chi connectivity index (χ2n) is 7.29. The van der Waals surface area contributed by atoms with Gasteiger partial charge in [0.05, 0.1) is 18.4 Å². The predicted molar refractivity (Wildman–Crippen MR) is 110 cm³/mol. The molecule has 5 rings (SSSR count). The molecule has 4 nitrogen and oxygen atoms in total. The number of hydrogen-bond donors (Lipinski definition) is 0. The Morgan fingerprint density at radius 1 is 1.03 bits per heavy atom. The summed E-state index contributed by atoms with van der Waals surface area (Å²) in [5, 5.41) is 6.68. The van der Waals surface area contributed by atoms with Crippen LogP contribution in [0.5, 0.6) is 11.5 Å². The minimum atomic E-state index is -0.599. The third-order valence-electron chi connectivity index (χ3n) is 5.39. The highest BCUT2D eigenvalue weighted by atomic mass is 19.1. The van der Waals surface area contributed by atoms with Gasteiger partial charge in [-0.05, 0) is 42.8 Å². The van der Waals surface area contributed by atoms with E-state index in [1.54, 1.807) is 18.2 Å². The molecule has 0 amide bonds. The molecular formula is C24H20F2N2O2. The van der Waals surface area contributed by atoms with Crippen molar-refractivity contribution in [2.45, 2.75) is 25.6 Å². The van der Waals surface area contributed by atoms with Gasteiger partial charge in [0.25, 0.3) is 0 Å². The van der Waals surface area contributed by atoms with Crippen LogP contribution in [0.15, 0.2) is 71.8 Å². The van der Waals surface area contributed by atoms with Crippen LogP contribution in [0.2, 0.25) is 0 Å². The minimum absolute atomic E-state index is 0.0949. The molecule has 2 heterocycles. The van der Waals surface area contributed by atoms with Gasteiger partial charge in [-0.3, -0.25) is 0 Å². The lowest BCUT2D eigenvalue weighted by Gasteiger charge is -2.38. The lowest BCUT2D eigenvalue weighted by Crippen LogP contribution is -2.34. The van der Waals surface area contributed by atoms with E-state index in [1.165, 1.54) is 24.3 Å². The van der Waals surface area contributed by atoms with Crippen molar-refractivity contribution >= 4 is 5.71 Å². The summed E-state index contributed by atoms with van der Waals surface area (Å²) in [6.07, 6.45) is 0.0291. The molecule has 0 saturated heterocycles. The fourth-order valence-corrected chi connectivity index (χ4v) is 4.05. The highest BCUT2D eigenvalue weighted by Gasteiger charge is 2.42. The molecule has 6 heteroatoms. The Bertz CT molecular complexity index is 1110. The van der Waals surface area contributed by atoms with Crippen LogP contribution in [0, 0.1) is 11.6 Å². The molecule has 0 aromatic heterocycles. The first-order chi connectivity index (χ1) is 14.6. The highest BCUT2D eigenvalue weighted by molar-refractivity contribution is 6.02. The molecule has 30 heavy (non-hydrogen) atoms. The van der Waals surface area contributed by atoms with E-state index in [4.69, 9.17) is 14.6 Å². The second kappa shape index (κ2) is 7.44. The molecular weight excluding hydrogens is 386 g/mol. The van der Waals surface area contributed by atoms with E-state index in [9.17, 15) is 8.78 Å². The number of halogens is 2. The molecule has 152 valence electrons. The highest BCUT2D eigenvalue weighted by Crippen LogP contribution is 2.50. The number of rotatable bonds is 4. The number of para-hydroxylation sites is 1. The Labute approximate surface area is 173 Å². The van der Waals surface area contributed by atoms with E-state index >= 15 is 0 Å². The Kier molecular flexibility index (Phi) is 4.62. The standard InChI is InChI=1S/C24H20F2N2O2/c1-2-29-22-8-4-7-19-21-14-20(15-9-11-17(25)12-10-15)27-28(21)24(30-23(19)22)16-5-3-6-18(26)13-16/h3-13,21,24H,2,14H2,1H3/t21-,24-/m1/s1. The molecule has 0 saturated carbocycles. The van der Waals surface area contributed by atoms with Crippen LogP contribution < -0.4 is 9.47 Å². The maximum atomic E-state index is 14.0. The molecule has 0 radical (unpaired) electrons. The summed E-state index contributed by atoms with van der Waals surface area (Å²) in [5.74, 6) is 0.693. The lowest BCUT2D eigenvalue weighted by molar-refractivity contribution is -0.0214. The molecule has 3 aromatic rings. The first kappa shape index (κ1) is 18.6. The quantitative estimate of drug-likeness (QED) is 0.565. The number of ether oxygens (including phenoxy) is 2. The second-order valence-corrected chi connectivity index (χ2v) is 7.29. The van der Waals surface area contributed by atoms with E-state index in [1.807, 2.05) is 36.2 Å². The van der Waals surface area contributed by atoms with Crippen molar-refractivity contribution in [2.24, 2.45) is 5.10 Å². The molecule has 2 aliphatic rings. The van der Waals surface area contributed by atoms with E-state index in [0.717, 1.165) is 16.8 Å². The number of fused-ring (bicyclic) bond motifs is 3. The summed E-state index contributed by atoms with van der Waals surface area (Å²) in [6.45, 7) is 2.43. The van der Waals surface area contributed by atoms with Crippen molar-refractivity contribution in [3.05, 3.63) is 95.1 Å². The number of hydrazone groups is 1. The number of nitrogens with zero attached hydrogens (tertiary/aromatic N) is 2. The van der Waals surface area contributed by atoms with Gasteiger partial charge < -0.3 is 9.47 Å². The average Bonchev–Trinajstić information content (AvgIpc) is 3.20. The smallest absolute Gasteiger partial charge is 0.214 e. The van der Waals surface area contributed by atoms with E-state index in [0.29, 0.717) is 30.1 Å². The molecule has 0 fully saturated rings. The maximum absolute atomic E-state index is 14.0. The zero-order chi connectivity index (χ0) is 20.7. The maximum Gasteiger partial charge on any atom is 0.214 e. The largest absolute Gasteiger partial charge is 0.490 e. The summed E-state index contributed by atoms with van der Waals surface area (Å²) in [5.41, 5.74) is 3.32. The number of benzene rings is 3. The molecule has 3 aromatic carbocycles.